The highest BCUT2D eigenvalue weighted by atomic mass is 79.9. The second-order valence-corrected chi connectivity index (χ2v) is 4.66. The van der Waals surface area contributed by atoms with Crippen LogP contribution in [0.1, 0.15) is 26.7 Å². The van der Waals surface area contributed by atoms with Crippen LogP contribution in [-0.2, 0) is 9.53 Å². The van der Waals surface area contributed by atoms with E-state index in [0.717, 1.165) is 24.7 Å². The van der Waals surface area contributed by atoms with Crippen LogP contribution in [0, 0.1) is 5.92 Å². The molecule has 0 aromatic rings. The summed E-state index contributed by atoms with van der Waals surface area (Å²) in [5.41, 5.74) is 0. The van der Waals surface area contributed by atoms with Crippen molar-refractivity contribution in [3.63, 3.8) is 0 Å². The zero-order valence-electron chi connectivity index (χ0n) is 8.75. The van der Waals surface area contributed by atoms with Crippen LogP contribution in [0.15, 0.2) is 0 Å². The van der Waals surface area contributed by atoms with Crippen molar-refractivity contribution in [3.8, 4) is 0 Å². The molecule has 1 aliphatic heterocycles. The molecule has 1 heterocycles. The lowest BCUT2D eigenvalue weighted by molar-refractivity contribution is -0.131. The Morgan fingerprint density at radius 3 is 2.86 bits per heavy atom. The maximum absolute atomic E-state index is 11.6. The van der Waals surface area contributed by atoms with E-state index in [1.807, 2.05) is 6.92 Å². The molecule has 0 saturated carbocycles. The molecule has 3 unspecified atom stereocenters. The number of ether oxygens (including phenoxy) is 1. The first-order valence-corrected chi connectivity index (χ1v) is 6.24. The molecule has 1 saturated heterocycles. The topological polar surface area (TPSA) is 38.3 Å². The van der Waals surface area contributed by atoms with Crippen LogP contribution >= 0.6 is 15.9 Å². The van der Waals surface area contributed by atoms with Gasteiger partial charge in [-0.15, -0.1) is 0 Å². The summed E-state index contributed by atoms with van der Waals surface area (Å²) in [6.45, 7) is 4.82. The van der Waals surface area contributed by atoms with Gasteiger partial charge in [-0.1, -0.05) is 22.9 Å². The standard InChI is InChI=1S/C10H18BrNO2/c1-7(5-11)6-12-10(13)9-4-3-8(2)14-9/h7-9H,3-6H2,1-2H3,(H,12,13). The number of halogens is 1. The van der Waals surface area contributed by atoms with E-state index in [2.05, 4.69) is 28.2 Å². The van der Waals surface area contributed by atoms with Crippen LogP contribution in [0.5, 0.6) is 0 Å². The van der Waals surface area contributed by atoms with Gasteiger partial charge >= 0.3 is 0 Å². The molecule has 14 heavy (non-hydrogen) atoms. The first-order chi connectivity index (χ1) is 6.63. The lowest BCUT2D eigenvalue weighted by Crippen LogP contribution is -2.37. The minimum atomic E-state index is -0.215. The van der Waals surface area contributed by atoms with Crippen molar-refractivity contribution in [2.45, 2.75) is 38.9 Å². The van der Waals surface area contributed by atoms with Crippen molar-refractivity contribution >= 4 is 21.8 Å². The van der Waals surface area contributed by atoms with Gasteiger partial charge < -0.3 is 10.1 Å². The smallest absolute Gasteiger partial charge is 0.249 e. The summed E-state index contributed by atoms with van der Waals surface area (Å²) in [5.74, 6) is 0.514. The summed E-state index contributed by atoms with van der Waals surface area (Å²) < 4.78 is 5.47. The second-order valence-electron chi connectivity index (χ2n) is 4.02. The van der Waals surface area contributed by atoms with Crippen LogP contribution in [0.2, 0.25) is 0 Å². The molecular weight excluding hydrogens is 246 g/mol. The fourth-order valence-corrected chi connectivity index (χ4v) is 1.67. The molecule has 3 atom stereocenters. The molecule has 3 nitrogen and oxygen atoms in total. The first-order valence-electron chi connectivity index (χ1n) is 5.12. The van der Waals surface area contributed by atoms with Gasteiger partial charge in [0.25, 0.3) is 0 Å². The third kappa shape index (κ3) is 3.58. The van der Waals surface area contributed by atoms with E-state index in [0.29, 0.717) is 5.92 Å². The summed E-state index contributed by atoms with van der Waals surface area (Å²) in [4.78, 5) is 11.6. The van der Waals surface area contributed by atoms with Gasteiger partial charge in [-0.2, -0.15) is 0 Å². The van der Waals surface area contributed by atoms with Crippen molar-refractivity contribution in [2.75, 3.05) is 11.9 Å². The number of carbonyl (C=O) groups excluding carboxylic acids is 1. The number of hydrogen-bond donors (Lipinski definition) is 1. The van der Waals surface area contributed by atoms with E-state index in [1.165, 1.54) is 0 Å². The Morgan fingerprint density at radius 2 is 2.36 bits per heavy atom. The van der Waals surface area contributed by atoms with Gasteiger partial charge in [0.2, 0.25) is 5.91 Å². The number of nitrogens with one attached hydrogen (secondary N) is 1. The Labute approximate surface area is 93.7 Å². The molecular formula is C10H18BrNO2. The van der Waals surface area contributed by atoms with Crippen molar-refractivity contribution in [1.29, 1.82) is 0 Å². The quantitative estimate of drug-likeness (QED) is 0.785. The van der Waals surface area contributed by atoms with Gasteiger partial charge in [-0.05, 0) is 25.7 Å². The van der Waals surface area contributed by atoms with Crippen LogP contribution in [0.25, 0.3) is 0 Å². The number of hydrogen-bond acceptors (Lipinski definition) is 2. The molecule has 1 rings (SSSR count). The van der Waals surface area contributed by atoms with Gasteiger partial charge in [0, 0.05) is 11.9 Å². The highest BCUT2D eigenvalue weighted by molar-refractivity contribution is 9.09. The van der Waals surface area contributed by atoms with Gasteiger partial charge in [0.15, 0.2) is 0 Å². The van der Waals surface area contributed by atoms with E-state index in [1.54, 1.807) is 0 Å². The van der Waals surface area contributed by atoms with Gasteiger partial charge in [0.05, 0.1) is 6.10 Å². The number of rotatable bonds is 4. The summed E-state index contributed by atoms with van der Waals surface area (Å²) in [5, 5.41) is 3.81. The zero-order chi connectivity index (χ0) is 10.6. The lowest BCUT2D eigenvalue weighted by Gasteiger charge is -2.13. The Hall–Kier alpha value is -0.0900. The minimum Gasteiger partial charge on any atom is -0.365 e. The third-order valence-corrected chi connectivity index (χ3v) is 3.52. The molecule has 0 aromatic heterocycles. The summed E-state index contributed by atoms with van der Waals surface area (Å²) in [6.07, 6.45) is 1.87. The maximum atomic E-state index is 11.6. The lowest BCUT2D eigenvalue weighted by atomic mass is 10.2. The van der Waals surface area contributed by atoms with Crippen molar-refractivity contribution in [1.82, 2.24) is 5.32 Å². The molecule has 0 spiro atoms. The predicted molar refractivity (Wildman–Crippen MR) is 59.5 cm³/mol. The van der Waals surface area contributed by atoms with E-state index in [4.69, 9.17) is 4.74 Å². The highest BCUT2D eigenvalue weighted by Gasteiger charge is 2.27. The van der Waals surface area contributed by atoms with Crippen molar-refractivity contribution in [3.05, 3.63) is 0 Å². The van der Waals surface area contributed by atoms with E-state index >= 15 is 0 Å². The number of alkyl halides is 1. The van der Waals surface area contributed by atoms with Gasteiger partial charge in [0.1, 0.15) is 6.10 Å². The SMILES string of the molecule is CC(CBr)CNC(=O)C1CCC(C)O1. The molecule has 1 N–H and O–H groups in total. The summed E-state index contributed by atoms with van der Waals surface area (Å²) in [6, 6.07) is 0. The van der Waals surface area contributed by atoms with E-state index in [-0.39, 0.29) is 18.1 Å². The normalized spacial score (nSPS) is 28.8. The zero-order valence-corrected chi connectivity index (χ0v) is 10.3. The average Bonchev–Trinajstić information content (AvgIpc) is 2.60. The van der Waals surface area contributed by atoms with Crippen LogP contribution in [0.4, 0.5) is 0 Å². The molecule has 82 valence electrons. The number of carbonyl (C=O) groups is 1. The first kappa shape index (κ1) is 12.0. The molecule has 1 amide bonds. The molecule has 0 aliphatic carbocycles. The fraction of sp³-hybridized carbons (Fsp3) is 0.900. The second kappa shape index (κ2) is 5.71. The van der Waals surface area contributed by atoms with E-state index in [9.17, 15) is 4.79 Å². The Morgan fingerprint density at radius 1 is 1.64 bits per heavy atom. The summed E-state index contributed by atoms with van der Waals surface area (Å²) >= 11 is 3.38. The average molecular weight is 264 g/mol. The number of amides is 1. The van der Waals surface area contributed by atoms with Crippen LogP contribution in [0.3, 0.4) is 0 Å². The minimum absolute atomic E-state index is 0.0437. The Kier molecular flexibility index (Phi) is 4.89. The largest absolute Gasteiger partial charge is 0.365 e. The van der Waals surface area contributed by atoms with Crippen molar-refractivity contribution in [2.24, 2.45) is 5.92 Å². The maximum Gasteiger partial charge on any atom is 0.249 e. The van der Waals surface area contributed by atoms with Crippen molar-refractivity contribution < 1.29 is 9.53 Å². The summed E-state index contributed by atoms with van der Waals surface area (Å²) in [7, 11) is 0. The molecule has 1 fully saturated rings. The van der Waals surface area contributed by atoms with E-state index < -0.39 is 0 Å². The Balaban J connectivity index is 2.22. The predicted octanol–water partition coefficient (Wildman–Crippen LogP) is 1.70. The molecule has 0 radical (unpaired) electrons. The molecule has 0 bridgehead atoms. The molecule has 1 aliphatic rings. The van der Waals surface area contributed by atoms with Crippen LogP contribution in [-0.4, -0.2) is 30.0 Å². The molecule has 0 aromatic carbocycles. The molecule has 4 heteroatoms. The highest BCUT2D eigenvalue weighted by Crippen LogP contribution is 2.18. The fourth-order valence-electron chi connectivity index (χ4n) is 1.44. The third-order valence-electron chi connectivity index (χ3n) is 2.41. The monoisotopic (exact) mass is 263 g/mol. The van der Waals surface area contributed by atoms with Crippen LogP contribution < -0.4 is 5.32 Å². The Bertz CT molecular complexity index is 199. The van der Waals surface area contributed by atoms with Gasteiger partial charge in [-0.3, -0.25) is 4.79 Å². The van der Waals surface area contributed by atoms with Gasteiger partial charge in [-0.25, -0.2) is 0 Å².